The zero-order valence-electron chi connectivity index (χ0n) is 9.20. The summed E-state index contributed by atoms with van der Waals surface area (Å²) in [4.78, 5) is 0. The molecule has 1 rings (SSSR count). The van der Waals surface area contributed by atoms with Gasteiger partial charge in [-0.3, -0.25) is 0 Å². The van der Waals surface area contributed by atoms with Crippen molar-refractivity contribution in [3.05, 3.63) is 34.3 Å². The van der Waals surface area contributed by atoms with Gasteiger partial charge in [-0.2, -0.15) is 0 Å². The van der Waals surface area contributed by atoms with Gasteiger partial charge in [-0.25, -0.2) is 0 Å². The molecule has 1 aromatic carbocycles. The van der Waals surface area contributed by atoms with Crippen molar-refractivity contribution in [2.75, 3.05) is 6.54 Å². The van der Waals surface area contributed by atoms with Crippen LogP contribution in [0.4, 0.5) is 0 Å². The van der Waals surface area contributed by atoms with Crippen LogP contribution in [0, 0.1) is 0 Å². The minimum atomic E-state index is -0.247. The van der Waals surface area contributed by atoms with E-state index in [1.807, 2.05) is 19.1 Å². The first-order valence-electron chi connectivity index (χ1n) is 5.30. The standard InChI is InChI=1S/C12H18BrNO/c1-3-12(15)8-14-9(2)10-4-6-11(13)7-5-10/h4-7,9,12,14-15H,3,8H2,1-2H3. The number of rotatable bonds is 5. The zero-order valence-corrected chi connectivity index (χ0v) is 10.8. The van der Waals surface area contributed by atoms with E-state index in [1.165, 1.54) is 5.56 Å². The summed E-state index contributed by atoms with van der Waals surface area (Å²) in [6.07, 6.45) is 0.544. The van der Waals surface area contributed by atoms with E-state index >= 15 is 0 Å². The largest absolute Gasteiger partial charge is 0.392 e. The molecule has 0 saturated heterocycles. The molecule has 0 spiro atoms. The summed E-state index contributed by atoms with van der Waals surface area (Å²) in [6, 6.07) is 8.51. The summed E-state index contributed by atoms with van der Waals surface area (Å²) in [5.74, 6) is 0. The van der Waals surface area contributed by atoms with Crippen LogP contribution in [0.5, 0.6) is 0 Å². The van der Waals surface area contributed by atoms with Gasteiger partial charge >= 0.3 is 0 Å². The Hall–Kier alpha value is -0.380. The fourth-order valence-corrected chi connectivity index (χ4v) is 1.59. The molecule has 0 amide bonds. The molecule has 3 heteroatoms. The van der Waals surface area contributed by atoms with Crippen LogP contribution in [0.2, 0.25) is 0 Å². The molecule has 0 bridgehead atoms. The number of aliphatic hydroxyl groups excluding tert-OH is 1. The molecule has 0 radical (unpaired) electrons. The number of benzene rings is 1. The second-order valence-corrected chi connectivity index (χ2v) is 4.66. The van der Waals surface area contributed by atoms with Gasteiger partial charge in [0.2, 0.25) is 0 Å². The summed E-state index contributed by atoms with van der Waals surface area (Å²) >= 11 is 3.41. The third-order valence-electron chi connectivity index (χ3n) is 2.50. The highest BCUT2D eigenvalue weighted by Gasteiger charge is 2.06. The van der Waals surface area contributed by atoms with Gasteiger partial charge in [0.15, 0.2) is 0 Å². The van der Waals surface area contributed by atoms with Crippen LogP contribution in [-0.4, -0.2) is 17.8 Å². The molecule has 0 fully saturated rings. The first kappa shape index (κ1) is 12.7. The molecular weight excluding hydrogens is 254 g/mol. The van der Waals surface area contributed by atoms with Crippen LogP contribution in [0.15, 0.2) is 28.7 Å². The molecule has 0 saturated carbocycles. The Kier molecular flexibility index (Phi) is 5.29. The first-order chi connectivity index (χ1) is 7.13. The second kappa shape index (κ2) is 6.26. The van der Waals surface area contributed by atoms with E-state index in [1.54, 1.807) is 0 Å². The number of nitrogens with one attached hydrogen (secondary N) is 1. The van der Waals surface area contributed by atoms with E-state index in [-0.39, 0.29) is 12.1 Å². The predicted octanol–water partition coefficient (Wildman–Crippen LogP) is 2.87. The van der Waals surface area contributed by atoms with Crippen molar-refractivity contribution >= 4 is 15.9 Å². The molecular formula is C12H18BrNO. The summed E-state index contributed by atoms with van der Waals surface area (Å²) in [5.41, 5.74) is 1.24. The maximum Gasteiger partial charge on any atom is 0.0662 e. The zero-order chi connectivity index (χ0) is 11.3. The van der Waals surface area contributed by atoms with Crippen molar-refractivity contribution in [3.63, 3.8) is 0 Å². The van der Waals surface area contributed by atoms with E-state index in [4.69, 9.17) is 0 Å². The maximum atomic E-state index is 9.43. The van der Waals surface area contributed by atoms with Crippen molar-refractivity contribution in [3.8, 4) is 0 Å². The van der Waals surface area contributed by atoms with E-state index in [0.29, 0.717) is 6.54 Å². The molecule has 0 aliphatic carbocycles. The molecule has 2 nitrogen and oxygen atoms in total. The molecule has 2 atom stereocenters. The van der Waals surface area contributed by atoms with Crippen LogP contribution in [-0.2, 0) is 0 Å². The van der Waals surface area contributed by atoms with Crippen molar-refractivity contribution in [1.29, 1.82) is 0 Å². The van der Waals surface area contributed by atoms with E-state index in [0.717, 1.165) is 10.9 Å². The van der Waals surface area contributed by atoms with Crippen molar-refractivity contribution in [2.24, 2.45) is 0 Å². The molecule has 15 heavy (non-hydrogen) atoms. The van der Waals surface area contributed by atoms with Crippen LogP contribution in [0.1, 0.15) is 31.9 Å². The maximum absolute atomic E-state index is 9.43. The Bertz CT molecular complexity index is 286. The Labute approximate surface area is 99.8 Å². The van der Waals surface area contributed by atoms with Gasteiger partial charge in [-0.15, -0.1) is 0 Å². The number of halogens is 1. The summed E-state index contributed by atoms with van der Waals surface area (Å²) < 4.78 is 1.09. The monoisotopic (exact) mass is 271 g/mol. The van der Waals surface area contributed by atoms with Gasteiger partial charge in [-0.05, 0) is 31.0 Å². The third-order valence-corrected chi connectivity index (χ3v) is 3.03. The highest BCUT2D eigenvalue weighted by atomic mass is 79.9. The molecule has 2 N–H and O–H groups in total. The minimum absolute atomic E-state index is 0.247. The van der Waals surface area contributed by atoms with Crippen LogP contribution < -0.4 is 5.32 Å². The Morgan fingerprint density at radius 2 is 1.93 bits per heavy atom. The summed E-state index contributed by atoms with van der Waals surface area (Å²) in [6.45, 7) is 4.73. The molecule has 0 heterocycles. The predicted molar refractivity (Wildman–Crippen MR) is 66.9 cm³/mol. The average molecular weight is 272 g/mol. The molecule has 0 aromatic heterocycles. The van der Waals surface area contributed by atoms with E-state index < -0.39 is 0 Å². The van der Waals surface area contributed by atoms with Crippen molar-refractivity contribution in [2.45, 2.75) is 32.4 Å². The van der Waals surface area contributed by atoms with Crippen LogP contribution in [0.25, 0.3) is 0 Å². The Morgan fingerprint density at radius 1 is 1.33 bits per heavy atom. The van der Waals surface area contributed by atoms with Crippen molar-refractivity contribution < 1.29 is 5.11 Å². The van der Waals surface area contributed by atoms with Gasteiger partial charge in [0.25, 0.3) is 0 Å². The van der Waals surface area contributed by atoms with Gasteiger partial charge in [0, 0.05) is 17.1 Å². The van der Waals surface area contributed by atoms with Gasteiger partial charge in [0.1, 0.15) is 0 Å². The fourth-order valence-electron chi connectivity index (χ4n) is 1.33. The van der Waals surface area contributed by atoms with E-state index in [2.05, 4.69) is 40.3 Å². The first-order valence-corrected chi connectivity index (χ1v) is 6.09. The second-order valence-electron chi connectivity index (χ2n) is 3.74. The number of hydrogen-bond acceptors (Lipinski definition) is 2. The van der Waals surface area contributed by atoms with Gasteiger partial charge in [0.05, 0.1) is 6.10 Å². The third kappa shape index (κ3) is 4.33. The minimum Gasteiger partial charge on any atom is -0.392 e. The average Bonchev–Trinajstić information content (AvgIpc) is 2.26. The lowest BCUT2D eigenvalue weighted by Gasteiger charge is -2.16. The van der Waals surface area contributed by atoms with Gasteiger partial charge < -0.3 is 10.4 Å². The molecule has 2 unspecified atom stereocenters. The Morgan fingerprint density at radius 3 is 2.47 bits per heavy atom. The lowest BCUT2D eigenvalue weighted by molar-refractivity contribution is 0.164. The SMILES string of the molecule is CCC(O)CNC(C)c1ccc(Br)cc1. The number of aliphatic hydroxyl groups is 1. The lowest BCUT2D eigenvalue weighted by Crippen LogP contribution is -2.28. The van der Waals surface area contributed by atoms with Gasteiger partial charge in [-0.1, -0.05) is 35.0 Å². The molecule has 84 valence electrons. The normalized spacial score (nSPS) is 14.9. The number of hydrogen-bond donors (Lipinski definition) is 2. The summed E-state index contributed by atoms with van der Waals surface area (Å²) in [5, 5.41) is 12.7. The molecule has 0 aliphatic rings. The molecule has 1 aromatic rings. The topological polar surface area (TPSA) is 32.3 Å². The highest BCUT2D eigenvalue weighted by molar-refractivity contribution is 9.10. The van der Waals surface area contributed by atoms with Crippen LogP contribution in [0.3, 0.4) is 0 Å². The van der Waals surface area contributed by atoms with Crippen LogP contribution >= 0.6 is 15.9 Å². The van der Waals surface area contributed by atoms with E-state index in [9.17, 15) is 5.11 Å². The smallest absolute Gasteiger partial charge is 0.0662 e. The van der Waals surface area contributed by atoms with Crippen molar-refractivity contribution in [1.82, 2.24) is 5.32 Å². The highest BCUT2D eigenvalue weighted by Crippen LogP contribution is 2.16. The lowest BCUT2D eigenvalue weighted by atomic mass is 10.1. The molecule has 0 aliphatic heterocycles. The fraction of sp³-hybridized carbons (Fsp3) is 0.500. The quantitative estimate of drug-likeness (QED) is 0.863. The Balaban J connectivity index is 2.46. The summed E-state index contributed by atoms with van der Waals surface area (Å²) in [7, 11) is 0.